The van der Waals surface area contributed by atoms with Crippen molar-refractivity contribution < 1.29 is 9.59 Å². The molecule has 0 aliphatic heterocycles. The number of nitrogens with one attached hydrogen (secondary N) is 1. The van der Waals surface area contributed by atoms with Gasteiger partial charge in [-0.25, -0.2) is 4.98 Å². The molecule has 4 aromatic rings. The van der Waals surface area contributed by atoms with E-state index in [4.69, 9.17) is 5.73 Å². The number of nitrogens with zero attached hydrogens (tertiary/aromatic N) is 2. The van der Waals surface area contributed by atoms with Gasteiger partial charge in [-0.1, -0.05) is 12.1 Å². The van der Waals surface area contributed by atoms with Crippen molar-refractivity contribution in [3.8, 4) is 11.3 Å². The number of thiazole rings is 1. The normalized spacial score (nSPS) is 10.8. The first kappa shape index (κ1) is 16.0. The third-order valence-electron chi connectivity index (χ3n) is 3.96. The summed E-state index contributed by atoms with van der Waals surface area (Å²) < 4.78 is 1.98. The SMILES string of the molecule is NC(=O)c1ccc(C(=O)Nc2ccc(-c3cn4ccsc4n3)cc2)cc1. The van der Waals surface area contributed by atoms with Gasteiger partial charge in [-0.3, -0.25) is 14.0 Å². The van der Waals surface area contributed by atoms with Crippen molar-refractivity contribution in [2.45, 2.75) is 0 Å². The van der Waals surface area contributed by atoms with Gasteiger partial charge in [0.05, 0.1) is 5.69 Å². The summed E-state index contributed by atoms with van der Waals surface area (Å²) in [4.78, 5) is 28.9. The topological polar surface area (TPSA) is 89.5 Å². The van der Waals surface area contributed by atoms with Gasteiger partial charge in [0.15, 0.2) is 4.96 Å². The summed E-state index contributed by atoms with van der Waals surface area (Å²) in [5, 5.41) is 4.82. The first-order valence-electron chi connectivity index (χ1n) is 7.84. The zero-order chi connectivity index (χ0) is 18.1. The highest BCUT2D eigenvalue weighted by Crippen LogP contribution is 2.23. The van der Waals surface area contributed by atoms with Crippen molar-refractivity contribution in [3.05, 3.63) is 77.4 Å². The van der Waals surface area contributed by atoms with Gasteiger partial charge in [-0.15, -0.1) is 11.3 Å². The third kappa shape index (κ3) is 3.07. The van der Waals surface area contributed by atoms with Gasteiger partial charge >= 0.3 is 0 Å². The Morgan fingerprint density at radius 2 is 1.69 bits per heavy atom. The van der Waals surface area contributed by atoms with E-state index in [2.05, 4.69) is 10.3 Å². The zero-order valence-corrected chi connectivity index (χ0v) is 14.4. The fourth-order valence-electron chi connectivity index (χ4n) is 2.58. The van der Waals surface area contributed by atoms with Crippen LogP contribution in [0, 0.1) is 0 Å². The number of benzene rings is 2. The number of rotatable bonds is 4. The monoisotopic (exact) mass is 362 g/mol. The van der Waals surface area contributed by atoms with E-state index in [1.54, 1.807) is 23.5 Å². The van der Waals surface area contributed by atoms with Gasteiger partial charge in [-0.05, 0) is 36.4 Å². The first-order chi connectivity index (χ1) is 12.6. The largest absolute Gasteiger partial charge is 0.366 e. The number of hydrogen-bond acceptors (Lipinski definition) is 4. The predicted molar refractivity (Wildman–Crippen MR) is 101 cm³/mol. The van der Waals surface area contributed by atoms with Crippen LogP contribution >= 0.6 is 11.3 Å². The van der Waals surface area contributed by atoms with Crippen molar-refractivity contribution >= 4 is 33.8 Å². The van der Waals surface area contributed by atoms with Gasteiger partial charge in [0.2, 0.25) is 5.91 Å². The molecule has 0 atom stereocenters. The molecular formula is C19H14N4O2S. The summed E-state index contributed by atoms with van der Waals surface area (Å²) >= 11 is 1.58. The number of primary amides is 1. The van der Waals surface area contributed by atoms with E-state index in [0.717, 1.165) is 16.2 Å². The molecule has 0 aliphatic rings. The number of fused-ring (bicyclic) bond motifs is 1. The van der Waals surface area contributed by atoms with E-state index in [1.807, 2.05) is 46.4 Å². The van der Waals surface area contributed by atoms with Gasteiger partial charge in [0, 0.05) is 40.2 Å². The summed E-state index contributed by atoms with van der Waals surface area (Å²) in [5.41, 5.74) is 8.56. The van der Waals surface area contributed by atoms with Crippen molar-refractivity contribution in [1.29, 1.82) is 0 Å². The van der Waals surface area contributed by atoms with Crippen LogP contribution in [0.15, 0.2) is 66.3 Å². The second kappa shape index (κ2) is 6.45. The van der Waals surface area contributed by atoms with Crippen molar-refractivity contribution in [2.24, 2.45) is 5.73 Å². The van der Waals surface area contributed by atoms with Gasteiger partial charge in [-0.2, -0.15) is 0 Å². The molecule has 0 aliphatic carbocycles. The number of aromatic nitrogens is 2. The number of nitrogens with two attached hydrogens (primary N) is 1. The fourth-order valence-corrected chi connectivity index (χ4v) is 3.28. The van der Waals surface area contributed by atoms with Gasteiger partial charge in [0.25, 0.3) is 5.91 Å². The summed E-state index contributed by atoms with van der Waals surface area (Å²) in [5.74, 6) is -0.775. The number of amides is 2. The minimum absolute atomic E-state index is 0.253. The van der Waals surface area contributed by atoms with Crippen LogP contribution in [0.5, 0.6) is 0 Å². The van der Waals surface area contributed by atoms with E-state index >= 15 is 0 Å². The van der Waals surface area contributed by atoms with Gasteiger partial charge in [0.1, 0.15) is 0 Å². The highest BCUT2D eigenvalue weighted by atomic mass is 32.1. The molecule has 6 nitrogen and oxygen atoms in total. The average molecular weight is 362 g/mol. The molecule has 0 unspecified atom stereocenters. The van der Waals surface area contributed by atoms with Crippen LogP contribution in [0.3, 0.4) is 0 Å². The summed E-state index contributed by atoms with van der Waals surface area (Å²) in [6.45, 7) is 0. The summed E-state index contributed by atoms with van der Waals surface area (Å²) in [7, 11) is 0. The smallest absolute Gasteiger partial charge is 0.255 e. The quantitative estimate of drug-likeness (QED) is 0.583. The lowest BCUT2D eigenvalue weighted by Gasteiger charge is -2.06. The van der Waals surface area contributed by atoms with Gasteiger partial charge < -0.3 is 11.1 Å². The van der Waals surface area contributed by atoms with E-state index in [1.165, 1.54) is 12.1 Å². The number of imidazole rings is 1. The van der Waals surface area contributed by atoms with Crippen molar-refractivity contribution in [2.75, 3.05) is 5.32 Å². The minimum Gasteiger partial charge on any atom is -0.366 e. The third-order valence-corrected chi connectivity index (χ3v) is 4.73. The second-order valence-electron chi connectivity index (χ2n) is 5.69. The van der Waals surface area contributed by atoms with E-state index in [0.29, 0.717) is 16.8 Å². The van der Waals surface area contributed by atoms with Crippen LogP contribution in [0.25, 0.3) is 16.2 Å². The molecular weight excluding hydrogens is 348 g/mol. The van der Waals surface area contributed by atoms with Crippen LogP contribution in [-0.2, 0) is 0 Å². The summed E-state index contributed by atoms with van der Waals surface area (Å²) in [6, 6.07) is 13.7. The molecule has 26 heavy (non-hydrogen) atoms. The maximum atomic E-state index is 12.3. The van der Waals surface area contributed by atoms with Crippen LogP contribution in [0.4, 0.5) is 5.69 Å². The molecule has 2 amide bonds. The highest BCUT2D eigenvalue weighted by Gasteiger charge is 2.09. The Kier molecular flexibility index (Phi) is 3.98. The molecule has 0 fully saturated rings. The first-order valence-corrected chi connectivity index (χ1v) is 8.72. The minimum atomic E-state index is -0.522. The van der Waals surface area contributed by atoms with Crippen LogP contribution in [0.2, 0.25) is 0 Å². The van der Waals surface area contributed by atoms with E-state index < -0.39 is 5.91 Å². The predicted octanol–water partition coefficient (Wildman–Crippen LogP) is 3.41. The molecule has 0 saturated carbocycles. The molecule has 0 spiro atoms. The lowest BCUT2D eigenvalue weighted by Crippen LogP contribution is -2.14. The molecule has 2 aromatic heterocycles. The maximum absolute atomic E-state index is 12.3. The van der Waals surface area contributed by atoms with E-state index in [-0.39, 0.29) is 5.91 Å². The molecule has 7 heteroatoms. The van der Waals surface area contributed by atoms with Crippen LogP contribution in [-0.4, -0.2) is 21.2 Å². The number of carbonyl (C=O) groups is 2. The fraction of sp³-hybridized carbons (Fsp3) is 0. The Bertz CT molecular complexity index is 1070. The number of hydrogen-bond donors (Lipinski definition) is 2. The van der Waals surface area contributed by atoms with Crippen molar-refractivity contribution in [3.63, 3.8) is 0 Å². The molecule has 0 saturated heterocycles. The number of anilines is 1. The highest BCUT2D eigenvalue weighted by molar-refractivity contribution is 7.15. The molecule has 2 heterocycles. The molecule has 0 bridgehead atoms. The number of carbonyl (C=O) groups excluding carboxylic acids is 2. The van der Waals surface area contributed by atoms with Crippen molar-refractivity contribution in [1.82, 2.24) is 9.38 Å². The van der Waals surface area contributed by atoms with Crippen LogP contribution in [0.1, 0.15) is 20.7 Å². The Balaban J connectivity index is 1.49. The zero-order valence-electron chi connectivity index (χ0n) is 13.5. The Morgan fingerprint density at radius 1 is 1.00 bits per heavy atom. The molecule has 0 radical (unpaired) electrons. The Morgan fingerprint density at radius 3 is 2.35 bits per heavy atom. The van der Waals surface area contributed by atoms with Crippen LogP contribution < -0.4 is 11.1 Å². The van der Waals surface area contributed by atoms with E-state index in [9.17, 15) is 9.59 Å². The lowest BCUT2D eigenvalue weighted by atomic mass is 10.1. The Labute approximate surface area is 152 Å². The molecule has 4 rings (SSSR count). The standard InChI is InChI=1S/C19H14N4O2S/c20-17(24)13-1-3-14(4-2-13)18(25)21-15-7-5-12(6-8-15)16-11-23-9-10-26-19(23)22-16/h1-11H,(H2,20,24)(H,21,25). The molecule has 3 N–H and O–H groups in total. The lowest BCUT2D eigenvalue weighted by molar-refractivity contribution is 0.0995. The second-order valence-corrected chi connectivity index (χ2v) is 6.57. The summed E-state index contributed by atoms with van der Waals surface area (Å²) in [6.07, 6.45) is 3.94. The molecule has 2 aromatic carbocycles. The average Bonchev–Trinajstić information content (AvgIpc) is 3.24. The Hall–Kier alpha value is -3.45. The maximum Gasteiger partial charge on any atom is 0.255 e. The molecule has 128 valence electrons.